The van der Waals surface area contributed by atoms with Crippen LogP contribution in [-0.4, -0.2) is 18.2 Å². The minimum Gasteiger partial charge on any atom is -0.508 e. The van der Waals surface area contributed by atoms with Gasteiger partial charge in [-0.2, -0.15) is 0 Å². The number of carbonyl (C=O) groups is 1. The van der Waals surface area contributed by atoms with Crippen LogP contribution in [0.25, 0.3) is 0 Å². The van der Waals surface area contributed by atoms with Crippen molar-refractivity contribution < 1.29 is 14.6 Å². The first-order valence-electron chi connectivity index (χ1n) is 6.21. The van der Waals surface area contributed by atoms with Gasteiger partial charge in [-0.1, -0.05) is 0 Å². The molecule has 0 bridgehead atoms. The second-order valence-corrected chi connectivity index (χ2v) is 4.33. The van der Waals surface area contributed by atoms with Crippen LogP contribution in [0.4, 0.5) is 11.4 Å². The molecular formula is C15H14N2O4. The molecule has 6 nitrogen and oxygen atoms in total. The van der Waals surface area contributed by atoms with E-state index in [9.17, 15) is 14.8 Å². The Bertz CT molecular complexity index is 653. The normalized spacial score (nSPS) is 9.95. The van der Waals surface area contributed by atoms with Crippen molar-refractivity contribution in [2.75, 3.05) is 12.4 Å². The van der Waals surface area contributed by atoms with Crippen molar-refractivity contribution in [1.82, 2.24) is 0 Å². The maximum atomic E-state index is 11.3. The minimum absolute atomic E-state index is 0.0843. The number of phenolic OH excluding ortho intramolecular Hbond substituents is 1. The van der Waals surface area contributed by atoms with Crippen LogP contribution >= 0.6 is 0 Å². The van der Waals surface area contributed by atoms with E-state index < -0.39 is 5.97 Å². The third kappa shape index (κ3) is 3.56. The van der Waals surface area contributed by atoms with E-state index in [-0.39, 0.29) is 11.4 Å². The zero-order valence-electron chi connectivity index (χ0n) is 11.4. The van der Waals surface area contributed by atoms with Crippen LogP contribution in [0.5, 0.6) is 5.75 Å². The molecule has 2 aromatic rings. The van der Waals surface area contributed by atoms with Gasteiger partial charge in [-0.3, -0.25) is 0 Å². The van der Waals surface area contributed by atoms with E-state index in [1.54, 1.807) is 24.3 Å². The number of aromatic hydroxyl groups is 1. The lowest BCUT2D eigenvalue weighted by Gasteiger charge is -2.09. The lowest BCUT2D eigenvalue weighted by atomic mass is 10.1. The Labute approximate surface area is 121 Å². The minimum atomic E-state index is -0.399. The summed E-state index contributed by atoms with van der Waals surface area (Å²) in [5, 5.41) is 15.6. The molecule has 0 saturated carbocycles. The first-order chi connectivity index (χ1) is 10.1. The first kappa shape index (κ1) is 14.5. The highest BCUT2D eigenvalue weighted by atomic mass is 16.5. The monoisotopic (exact) mass is 286 g/mol. The number of benzene rings is 2. The molecule has 2 rings (SSSR count). The highest BCUT2D eigenvalue weighted by molar-refractivity contribution is 5.89. The zero-order valence-corrected chi connectivity index (χ0v) is 11.4. The molecule has 0 aliphatic rings. The molecule has 2 N–H and O–H groups in total. The highest BCUT2D eigenvalue weighted by Crippen LogP contribution is 2.24. The standard InChI is InChI=1S/C15H14N2O4/c1-21-15(19)10-2-4-12(5-3-10)16-9-11-8-13(17-20)6-7-14(11)18/h2-8,16,18H,9H2,1H3. The Hall–Kier alpha value is -2.89. The third-order valence-electron chi connectivity index (χ3n) is 2.96. The number of nitrogens with zero attached hydrogens (tertiary/aromatic N) is 1. The largest absolute Gasteiger partial charge is 0.508 e. The lowest BCUT2D eigenvalue weighted by molar-refractivity contribution is 0.0601. The third-order valence-corrected chi connectivity index (χ3v) is 2.96. The molecular weight excluding hydrogens is 272 g/mol. The van der Waals surface area contributed by atoms with Gasteiger partial charge in [0.05, 0.1) is 12.7 Å². The summed E-state index contributed by atoms with van der Waals surface area (Å²) in [7, 11) is 1.32. The summed E-state index contributed by atoms with van der Waals surface area (Å²) in [6.45, 7) is 0.326. The maximum absolute atomic E-state index is 11.3. The molecule has 2 aromatic carbocycles. The van der Waals surface area contributed by atoms with Crippen LogP contribution in [0, 0.1) is 4.91 Å². The van der Waals surface area contributed by atoms with Gasteiger partial charge in [-0.25, -0.2) is 4.79 Å². The molecule has 0 atom stereocenters. The molecule has 0 heterocycles. The average Bonchev–Trinajstić information content (AvgIpc) is 2.54. The molecule has 21 heavy (non-hydrogen) atoms. The number of phenols is 1. The number of esters is 1. The zero-order chi connectivity index (χ0) is 15.2. The number of hydrogen-bond donors (Lipinski definition) is 2. The van der Waals surface area contributed by atoms with Crippen molar-refractivity contribution in [3.05, 3.63) is 58.5 Å². The van der Waals surface area contributed by atoms with Crippen molar-refractivity contribution >= 4 is 17.3 Å². The number of methoxy groups -OCH3 is 1. The summed E-state index contributed by atoms with van der Waals surface area (Å²) < 4.78 is 4.61. The number of ether oxygens (including phenoxy) is 1. The van der Waals surface area contributed by atoms with Gasteiger partial charge >= 0.3 is 5.97 Å². The van der Waals surface area contributed by atoms with Gasteiger partial charge < -0.3 is 15.2 Å². The highest BCUT2D eigenvalue weighted by Gasteiger charge is 2.06. The van der Waals surface area contributed by atoms with E-state index in [1.807, 2.05) is 0 Å². The van der Waals surface area contributed by atoms with Crippen molar-refractivity contribution in [2.45, 2.75) is 6.54 Å². The van der Waals surface area contributed by atoms with Gasteiger partial charge in [-0.15, -0.1) is 4.91 Å². The molecule has 0 aliphatic heterocycles. The Morgan fingerprint density at radius 2 is 1.95 bits per heavy atom. The number of rotatable bonds is 5. The van der Waals surface area contributed by atoms with Gasteiger partial charge in [0.25, 0.3) is 0 Å². The molecule has 0 fully saturated rings. The van der Waals surface area contributed by atoms with Gasteiger partial charge in [0.1, 0.15) is 11.4 Å². The molecule has 0 aromatic heterocycles. The summed E-state index contributed by atoms with van der Waals surface area (Å²) in [5.74, 6) is -0.315. The fourth-order valence-electron chi connectivity index (χ4n) is 1.81. The molecule has 0 spiro atoms. The Morgan fingerprint density at radius 1 is 1.24 bits per heavy atom. The predicted molar refractivity (Wildman–Crippen MR) is 78.7 cm³/mol. The van der Waals surface area contributed by atoms with Crippen molar-refractivity contribution in [2.24, 2.45) is 5.18 Å². The molecule has 108 valence electrons. The van der Waals surface area contributed by atoms with E-state index in [1.165, 1.54) is 25.3 Å². The summed E-state index contributed by atoms with van der Waals surface area (Å²) in [6.07, 6.45) is 0. The lowest BCUT2D eigenvalue weighted by Crippen LogP contribution is -2.02. The summed E-state index contributed by atoms with van der Waals surface area (Å²) in [6, 6.07) is 11.1. The van der Waals surface area contributed by atoms with E-state index in [0.29, 0.717) is 17.7 Å². The van der Waals surface area contributed by atoms with Gasteiger partial charge in [0.2, 0.25) is 0 Å². The van der Waals surface area contributed by atoms with Gasteiger partial charge in [-0.05, 0) is 47.6 Å². The van der Waals surface area contributed by atoms with E-state index in [0.717, 1.165) is 5.69 Å². The number of hydrogen-bond acceptors (Lipinski definition) is 6. The van der Waals surface area contributed by atoms with Gasteiger partial charge in [0.15, 0.2) is 0 Å². The summed E-state index contributed by atoms with van der Waals surface area (Å²) in [4.78, 5) is 21.8. The second kappa shape index (κ2) is 6.51. The number of nitroso groups, excluding NO2 is 1. The van der Waals surface area contributed by atoms with Crippen LogP contribution < -0.4 is 5.32 Å². The van der Waals surface area contributed by atoms with Crippen molar-refractivity contribution in [1.29, 1.82) is 0 Å². The second-order valence-electron chi connectivity index (χ2n) is 4.33. The molecule has 0 aliphatic carbocycles. The average molecular weight is 286 g/mol. The first-order valence-corrected chi connectivity index (χ1v) is 6.21. The van der Waals surface area contributed by atoms with Crippen LogP contribution in [-0.2, 0) is 11.3 Å². The van der Waals surface area contributed by atoms with E-state index in [2.05, 4.69) is 15.2 Å². The van der Waals surface area contributed by atoms with E-state index in [4.69, 9.17) is 0 Å². The maximum Gasteiger partial charge on any atom is 0.337 e. The van der Waals surface area contributed by atoms with Crippen LogP contribution in [0.2, 0.25) is 0 Å². The molecule has 6 heteroatoms. The quantitative estimate of drug-likeness (QED) is 0.651. The molecule has 0 radical (unpaired) electrons. The fraction of sp³-hybridized carbons (Fsp3) is 0.133. The SMILES string of the molecule is COC(=O)c1ccc(NCc2cc(N=O)ccc2O)cc1. The van der Waals surface area contributed by atoms with Crippen LogP contribution in [0.3, 0.4) is 0 Å². The topological polar surface area (TPSA) is 88.0 Å². The van der Waals surface area contributed by atoms with E-state index >= 15 is 0 Å². The molecule has 0 saturated heterocycles. The fourth-order valence-corrected chi connectivity index (χ4v) is 1.81. The number of anilines is 1. The smallest absolute Gasteiger partial charge is 0.337 e. The van der Waals surface area contributed by atoms with Crippen molar-refractivity contribution in [3.8, 4) is 5.75 Å². The summed E-state index contributed by atoms with van der Waals surface area (Å²) in [5.41, 5.74) is 2.04. The predicted octanol–water partition coefficient (Wildman–Crippen LogP) is 3.19. The number of nitrogens with one attached hydrogen (secondary N) is 1. The van der Waals surface area contributed by atoms with Gasteiger partial charge in [0, 0.05) is 17.8 Å². The Balaban J connectivity index is 2.06. The van der Waals surface area contributed by atoms with Crippen LogP contribution in [0.1, 0.15) is 15.9 Å². The molecule has 0 unspecified atom stereocenters. The Morgan fingerprint density at radius 3 is 2.57 bits per heavy atom. The van der Waals surface area contributed by atoms with Crippen LogP contribution in [0.15, 0.2) is 47.6 Å². The Kier molecular flexibility index (Phi) is 4.50. The molecule has 0 amide bonds. The van der Waals surface area contributed by atoms with Crippen molar-refractivity contribution in [3.63, 3.8) is 0 Å². The number of carbonyl (C=O) groups excluding carboxylic acids is 1. The summed E-state index contributed by atoms with van der Waals surface area (Å²) >= 11 is 0.